The molecule has 20 heteroatoms. The van der Waals surface area contributed by atoms with Crippen LogP contribution in [0.25, 0.3) is 0 Å². The Labute approximate surface area is 184 Å². The molecule has 0 aromatic heterocycles. The van der Waals surface area contributed by atoms with Gasteiger partial charge in [-0.2, -0.15) is 70.2 Å². The second-order valence-corrected chi connectivity index (χ2v) is 7.41. The Kier molecular flexibility index (Phi) is 8.86. The molecule has 0 spiro atoms. The minimum atomic E-state index is -8.59. The smallest absolute Gasteiger partial charge is 0.351 e. The van der Waals surface area contributed by atoms with Crippen LogP contribution in [-0.2, 0) is 4.79 Å². The summed E-state index contributed by atoms with van der Waals surface area (Å²) in [5.74, 6) is -60.1. The van der Waals surface area contributed by atoms with E-state index in [1.807, 2.05) is 0 Å². The largest absolute Gasteiger partial charge is 0.393 e. The molecule has 0 fully saturated rings. The first-order chi connectivity index (χ1) is 14.6. The van der Waals surface area contributed by atoms with Crippen molar-refractivity contribution in [3.8, 4) is 0 Å². The number of carbonyl (C=O) groups is 1. The zero-order chi connectivity index (χ0) is 28.0. The van der Waals surface area contributed by atoms with E-state index in [2.05, 4.69) is 11.6 Å². The predicted octanol–water partition coefficient (Wildman–Crippen LogP) is 5.33. The number of hydrogen-bond donors (Lipinski definition) is 1. The van der Waals surface area contributed by atoms with Gasteiger partial charge < -0.3 is 10.2 Å². The number of carbonyl (C=O) groups excluding carboxylic acids is 1. The molecule has 0 aliphatic rings. The normalized spacial score (nSPS) is 15.6. The first kappa shape index (κ1) is 32.6. The first-order valence-corrected chi connectivity index (χ1v) is 8.61. The third-order valence-corrected chi connectivity index (χ3v) is 4.31. The molecule has 204 valence electrons. The van der Waals surface area contributed by atoms with E-state index in [0.717, 1.165) is 5.32 Å². The molecule has 0 unspecified atom stereocenters. The molecule has 0 aromatic carbocycles. The van der Waals surface area contributed by atoms with Gasteiger partial charge in [0.25, 0.3) is 5.91 Å². The van der Waals surface area contributed by atoms with Crippen LogP contribution in [0.1, 0.15) is 6.42 Å². The maximum absolute atomic E-state index is 13.6. The Morgan fingerprint density at radius 2 is 0.971 bits per heavy atom. The minimum Gasteiger partial charge on any atom is -0.351 e. The summed E-state index contributed by atoms with van der Waals surface area (Å²) in [6.45, 7) is -1.03. The van der Waals surface area contributed by atoms with Gasteiger partial charge in [-0.1, -0.05) is 0 Å². The van der Waals surface area contributed by atoms with E-state index < -0.39 is 59.3 Å². The van der Waals surface area contributed by atoms with Crippen LogP contribution in [0.2, 0.25) is 0 Å². The highest BCUT2D eigenvalue weighted by atomic mass is 35.5. The Balaban J connectivity index is 6.37. The van der Waals surface area contributed by atoms with Crippen LogP contribution in [0.4, 0.5) is 70.2 Å². The second kappa shape index (κ2) is 9.24. The third-order valence-electron chi connectivity index (χ3n) is 4.07. The summed E-state index contributed by atoms with van der Waals surface area (Å²) < 4.78 is 213. The molecule has 34 heavy (non-hydrogen) atoms. The van der Waals surface area contributed by atoms with Gasteiger partial charge in [-0.05, 0) is 38.7 Å². The van der Waals surface area contributed by atoms with Crippen LogP contribution in [0, 0.1) is 0 Å². The number of nitrogens with zero attached hydrogens (tertiary/aromatic N) is 1. The van der Waals surface area contributed by atoms with Gasteiger partial charge in [0.1, 0.15) is 0 Å². The maximum atomic E-state index is 13.6. The number of nitrogens with one attached hydrogen (secondary N) is 1. The van der Waals surface area contributed by atoms with Crippen molar-refractivity contribution in [3.63, 3.8) is 0 Å². The number of rotatable bonds is 12. The monoisotopic (exact) mass is 564 g/mol. The summed E-state index contributed by atoms with van der Waals surface area (Å²) in [7, 11) is 2.76. The van der Waals surface area contributed by atoms with Crippen LogP contribution in [0.15, 0.2) is 0 Å². The average molecular weight is 565 g/mol. The average Bonchev–Trinajstić information content (AvgIpc) is 2.62. The summed E-state index contributed by atoms with van der Waals surface area (Å²) in [4.78, 5) is 12.5. The van der Waals surface area contributed by atoms with Crippen molar-refractivity contribution in [3.05, 3.63) is 0 Å². The Bertz CT molecular complexity index is 734. The second-order valence-electron chi connectivity index (χ2n) is 6.93. The minimum absolute atomic E-state index is 0.0444. The summed E-state index contributed by atoms with van der Waals surface area (Å²) in [5.41, 5.74) is 0. The van der Waals surface area contributed by atoms with E-state index >= 15 is 0 Å². The van der Waals surface area contributed by atoms with Gasteiger partial charge in [0.15, 0.2) is 0 Å². The van der Waals surface area contributed by atoms with Gasteiger partial charge in [-0.25, -0.2) is 0 Å². The van der Waals surface area contributed by atoms with E-state index in [9.17, 15) is 75.0 Å². The van der Waals surface area contributed by atoms with Crippen molar-refractivity contribution in [1.29, 1.82) is 0 Å². The van der Waals surface area contributed by atoms with Crippen molar-refractivity contribution in [2.45, 2.75) is 53.3 Å². The summed E-state index contributed by atoms with van der Waals surface area (Å²) >= 11 is 3.41. The molecule has 0 rings (SSSR count). The molecule has 0 saturated heterocycles. The zero-order valence-electron chi connectivity index (χ0n) is 16.4. The lowest BCUT2D eigenvalue weighted by molar-refractivity contribution is -0.446. The topological polar surface area (TPSA) is 32.3 Å². The Morgan fingerprint density at radius 1 is 0.647 bits per heavy atom. The molecule has 0 aromatic rings. The Hall–Kier alpha value is -1.40. The Morgan fingerprint density at radius 3 is 1.29 bits per heavy atom. The molecule has 0 aliphatic heterocycles. The van der Waals surface area contributed by atoms with E-state index in [4.69, 9.17) is 0 Å². The van der Waals surface area contributed by atoms with Crippen LogP contribution in [0.3, 0.4) is 0 Å². The number of amides is 1. The van der Waals surface area contributed by atoms with Crippen LogP contribution in [-0.4, -0.2) is 84.8 Å². The lowest BCUT2D eigenvalue weighted by atomic mass is 9.89. The SMILES string of the molecule is CN(C)CCCNC(=O)C(F)(F)C(F)(F)C(F)(F)C(F)(F)C(F)(F)C(F)(F)C(F)(F)C(F)(F)Cl. The van der Waals surface area contributed by atoms with Crippen LogP contribution < -0.4 is 5.32 Å². The number of alkyl halides is 17. The van der Waals surface area contributed by atoms with Gasteiger partial charge >= 0.3 is 46.8 Å². The standard InChI is InChI=1S/C14H13ClF16N2O/c1-33(2)5-3-4-32-6(34)7(16,17)8(18,19)9(20,21)10(22,23)11(24,25)12(26,27)13(28,29)14(15,30)31/h3-5H2,1-2H3,(H,32,34). The fourth-order valence-corrected chi connectivity index (χ4v) is 2.13. The molecule has 0 bridgehead atoms. The maximum Gasteiger partial charge on any atom is 0.393 e. The first-order valence-electron chi connectivity index (χ1n) is 8.23. The van der Waals surface area contributed by atoms with E-state index in [1.54, 1.807) is 0 Å². The lowest BCUT2D eigenvalue weighted by Crippen LogP contribution is -2.75. The van der Waals surface area contributed by atoms with Crippen molar-refractivity contribution in [1.82, 2.24) is 10.2 Å². The number of hydrogen-bond acceptors (Lipinski definition) is 2. The van der Waals surface area contributed by atoms with Gasteiger partial charge in [-0.15, -0.1) is 0 Å². The summed E-state index contributed by atoms with van der Waals surface area (Å²) in [6.07, 6.45) is -0.334. The predicted molar refractivity (Wildman–Crippen MR) is 81.6 cm³/mol. The van der Waals surface area contributed by atoms with E-state index in [-0.39, 0.29) is 13.0 Å². The molecule has 0 radical (unpaired) electrons. The molecule has 3 nitrogen and oxygen atoms in total. The third kappa shape index (κ3) is 4.82. The fraction of sp³-hybridized carbons (Fsp3) is 0.929. The van der Waals surface area contributed by atoms with Crippen molar-refractivity contribution in [2.24, 2.45) is 0 Å². The van der Waals surface area contributed by atoms with Crippen LogP contribution in [0.5, 0.6) is 0 Å². The van der Waals surface area contributed by atoms with Crippen molar-refractivity contribution >= 4 is 17.5 Å². The molecular weight excluding hydrogens is 552 g/mol. The highest BCUT2D eigenvalue weighted by Gasteiger charge is 2.95. The van der Waals surface area contributed by atoms with Gasteiger partial charge in [-0.3, -0.25) is 4.79 Å². The molecular formula is C14H13ClF16N2O. The highest BCUT2D eigenvalue weighted by molar-refractivity contribution is 6.22. The quantitative estimate of drug-likeness (QED) is 0.197. The molecule has 0 heterocycles. The van der Waals surface area contributed by atoms with Crippen molar-refractivity contribution < 1.29 is 75.0 Å². The van der Waals surface area contributed by atoms with Gasteiger partial charge in [0.2, 0.25) is 0 Å². The molecule has 0 aliphatic carbocycles. The van der Waals surface area contributed by atoms with E-state index in [1.165, 1.54) is 19.0 Å². The number of halogens is 17. The highest BCUT2D eigenvalue weighted by Crippen LogP contribution is 2.64. The molecule has 1 amide bonds. The molecule has 0 atom stereocenters. The summed E-state index contributed by atoms with van der Waals surface area (Å²) in [5, 5.41) is -5.97. The van der Waals surface area contributed by atoms with E-state index in [0.29, 0.717) is 0 Å². The zero-order valence-corrected chi connectivity index (χ0v) is 17.2. The van der Waals surface area contributed by atoms with Gasteiger partial charge in [0.05, 0.1) is 0 Å². The van der Waals surface area contributed by atoms with Crippen molar-refractivity contribution in [2.75, 3.05) is 27.2 Å². The molecule has 1 N–H and O–H groups in total. The lowest BCUT2D eigenvalue weighted by Gasteiger charge is -2.42. The van der Waals surface area contributed by atoms with Gasteiger partial charge in [0, 0.05) is 6.54 Å². The van der Waals surface area contributed by atoms with Crippen LogP contribution >= 0.6 is 11.6 Å². The summed E-state index contributed by atoms with van der Waals surface area (Å²) in [6, 6.07) is 0. The fourth-order valence-electron chi connectivity index (χ4n) is 2.01. The molecule has 0 saturated carbocycles.